The molecule has 4 rings (SSSR count). The van der Waals surface area contributed by atoms with Gasteiger partial charge in [0.1, 0.15) is 17.6 Å². The summed E-state index contributed by atoms with van der Waals surface area (Å²) in [7, 11) is -2.09. The van der Waals surface area contributed by atoms with Crippen molar-refractivity contribution in [2.45, 2.75) is 11.3 Å². The number of benzene rings is 2. The Morgan fingerprint density at radius 1 is 1.16 bits per heavy atom. The maximum Gasteiger partial charge on any atom is 0.240 e. The summed E-state index contributed by atoms with van der Waals surface area (Å²) in [6, 6.07) is 13.8. The van der Waals surface area contributed by atoms with E-state index in [1.54, 1.807) is 36.5 Å². The van der Waals surface area contributed by atoms with Gasteiger partial charge in [0.25, 0.3) is 0 Å². The minimum atomic E-state index is -3.60. The number of sulfonamides is 1. The zero-order valence-electron chi connectivity index (χ0n) is 16.7. The topological polar surface area (TPSA) is 129 Å². The number of hydrogen-bond acceptors (Lipinski definition) is 8. The van der Waals surface area contributed by atoms with Crippen molar-refractivity contribution in [1.82, 2.24) is 14.7 Å². The van der Waals surface area contributed by atoms with E-state index in [9.17, 15) is 13.7 Å². The zero-order valence-corrected chi connectivity index (χ0v) is 17.5. The molecule has 1 aliphatic rings. The maximum absolute atomic E-state index is 12.5. The lowest BCUT2D eigenvalue weighted by molar-refractivity contribution is 0.413. The van der Waals surface area contributed by atoms with Gasteiger partial charge in [-0.15, -0.1) is 0 Å². The molecular formula is C21H20N6O3S. The number of anilines is 3. The second-order valence-corrected chi connectivity index (χ2v) is 8.58. The van der Waals surface area contributed by atoms with Gasteiger partial charge in [0.15, 0.2) is 0 Å². The summed E-state index contributed by atoms with van der Waals surface area (Å²) in [6.07, 6.45) is 2.23. The van der Waals surface area contributed by atoms with Crippen LogP contribution in [-0.2, 0) is 10.0 Å². The third-order valence-electron chi connectivity index (χ3n) is 4.76. The summed E-state index contributed by atoms with van der Waals surface area (Å²) in [5.41, 5.74) is 2.51. The van der Waals surface area contributed by atoms with E-state index in [-0.39, 0.29) is 11.4 Å². The molecule has 9 nitrogen and oxygen atoms in total. The van der Waals surface area contributed by atoms with Crippen LogP contribution in [0.25, 0.3) is 11.1 Å². The molecule has 1 aromatic heterocycles. The van der Waals surface area contributed by atoms with E-state index in [1.807, 2.05) is 6.07 Å². The fraction of sp³-hybridized carbons (Fsp3) is 0.190. The van der Waals surface area contributed by atoms with Gasteiger partial charge in [-0.05, 0) is 42.3 Å². The Hall–Kier alpha value is -3.68. The molecule has 0 atom stereocenters. The van der Waals surface area contributed by atoms with Crippen LogP contribution in [0.3, 0.4) is 0 Å². The van der Waals surface area contributed by atoms with E-state index < -0.39 is 10.0 Å². The van der Waals surface area contributed by atoms with Crippen LogP contribution >= 0.6 is 0 Å². The number of ether oxygens (including phenoxy) is 1. The molecule has 0 unspecified atom stereocenters. The van der Waals surface area contributed by atoms with Crippen LogP contribution in [0.15, 0.2) is 53.6 Å². The molecule has 0 radical (unpaired) electrons. The number of fused-ring (bicyclic) bond motifs is 4. The molecule has 2 heterocycles. The van der Waals surface area contributed by atoms with Crippen molar-refractivity contribution in [3.05, 3.63) is 54.2 Å². The molecule has 0 fully saturated rings. The Balaban J connectivity index is 1.75. The van der Waals surface area contributed by atoms with Crippen LogP contribution in [0.5, 0.6) is 5.75 Å². The van der Waals surface area contributed by atoms with Crippen LogP contribution in [0.2, 0.25) is 0 Å². The molecule has 10 heteroatoms. The number of aromatic nitrogens is 2. The standard InChI is InChI=1S/C21H20N6O3S/c1-30-19-10-14(6-7-15(19)12-22)18-13-24-21-26-16-4-2-5-17(11-16)31(28,29)25-9-3-8-23-20(18)27-21/h2,4-7,10-11,13,25H,3,8-9H2,1H3,(H2,23,24,26,27). The predicted molar refractivity (Wildman–Crippen MR) is 117 cm³/mol. The molecule has 1 aliphatic heterocycles. The predicted octanol–water partition coefficient (Wildman–Crippen LogP) is 2.86. The highest BCUT2D eigenvalue weighted by Gasteiger charge is 2.16. The molecule has 3 aromatic rings. The van der Waals surface area contributed by atoms with Crippen molar-refractivity contribution in [1.29, 1.82) is 5.26 Å². The van der Waals surface area contributed by atoms with Gasteiger partial charge in [0.2, 0.25) is 16.0 Å². The van der Waals surface area contributed by atoms with Gasteiger partial charge in [-0.1, -0.05) is 12.1 Å². The van der Waals surface area contributed by atoms with Gasteiger partial charge in [0, 0.05) is 30.5 Å². The average molecular weight is 436 g/mol. The first-order valence-electron chi connectivity index (χ1n) is 9.56. The highest BCUT2D eigenvalue weighted by atomic mass is 32.2. The molecule has 0 aliphatic carbocycles. The molecule has 0 amide bonds. The van der Waals surface area contributed by atoms with E-state index >= 15 is 0 Å². The number of nitriles is 1. The minimum Gasteiger partial charge on any atom is -0.495 e. The lowest BCUT2D eigenvalue weighted by Gasteiger charge is -2.14. The normalized spacial score (nSPS) is 15.1. The monoisotopic (exact) mass is 436 g/mol. The quantitative estimate of drug-likeness (QED) is 0.559. The maximum atomic E-state index is 12.5. The summed E-state index contributed by atoms with van der Waals surface area (Å²) >= 11 is 0. The number of nitrogens with one attached hydrogen (secondary N) is 3. The fourth-order valence-corrected chi connectivity index (χ4v) is 4.31. The van der Waals surface area contributed by atoms with Gasteiger partial charge < -0.3 is 15.4 Å². The average Bonchev–Trinajstić information content (AvgIpc) is 2.78. The SMILES string of the molecule is COc1cc(-c2cnc3nc2NCCCNS(=O)(=O)c2cccc(c2)N3)ccc1C#N. The zero-order chi connectivity index (χ0) is 21.8. The lowest BCUT2D eigenvalue weighted by atomic mass is 10.0. The third kappa shape index (κ3) is 4.42. The first-order chi connectivity index (χ1) is 15.0. The van der Waals surface area contributed by atoms with Crippen molar-refractivity contribution in [3.63, 3.8) is 0 Å². The van der Waals surface area contributed by atoms with Gasteiger partial charge >= 0.3 is 0 Å². The van der Waals surface area contributed by atoms with E-state index in [0.29, 0.717) is 41.7 Å². The number of hydrogen-bond donors (Lipinski definition) is 3. The van der Waals surface area contributed by atoms with E-state index in [1.165, 1.54) is 13.2 Å². The summed E-state index contributed by atoms with van der Waals surface area (Å²) in [5.74, 6) is 1.38. The summed E-state index contributed by atoms with van der Waals surface area (Å²) < 4.78 is 32.9. The van der Waals surface area contributed by atoms with Crippen molar-refractivity contribution in [2.24, 2.45) is 0 Å². The summed E-state index contributed by atoms with van der Waals surface area (Å²) in [5, 5.41) is 15.5. The first-order valence-corrected chi connectivity index (χ1v) is 11.0. The number of nitrogens with zero attached hydrogens (tertiary/aromatic N) is 3. The Bertz CT molecular complexity index is 1270. The molecule has 158 valence electrons. The smallest absolute Gasteiger partial charge is 0.240 e. The summed E-state index contributed by atoms with van der Waals surface area (Å²) in [4.78, 5) is 9.16. The van der Waals surface area contributed by atoms with Gasteiger partial charge in [-0.3, -0.25) is 0 Å². The lowest BCUT2D eigenvalue weighted by Crippen LogP contribution is -2.26. The van der Waals surface area contributed by atoms with Crippen LogP contribution in [0, 0.1) is 11.3 Å². The van der Waals surface area contributed by atoms with Gasteiger partial charge in [-0.25, -0.2) is 18.1 Å². The fourth-order valence-electron chi connectivity index (χ4n) is 3.19. The third-order valence-corrected chi connectivity index (χ3v) is 6.22. The van der Waals surface area contributed by atoms with Crippen LogP contribution in [0.1, 0.15) is 12.0 Å². The second-order valence-electron chi connectivity index (χ2n) is 6.81. The highest BCUT2D eigenvalue weighted by molar-refractivity contribution is 7.89. The Morgan fingerprint density at radius 3 is 2.84 bits per heavy atom. The molecule has 3 N–H and O–H groups in total. The Labute approximate surface area is 180 Å². The van der Waals surface area contributed by atoms with Gasteiger partial charge in [-0.2, -0.15) is 10.2 Å². The van der Waals surface area contributed by atoms with Crippen LogP contribution in [0.4, 0.5) is 17.5 Å². The van der Waals surface area contributed by atoms with Crippen molar-refractivity contribution >= 4 is 27.5 Å². The van der Waals surface area contributed by atoms with E-state index in [4.69, 9.17) is 4.74 Å². The molecule has 2 aromatic carbocycles. The highest BCUT2D eigenvalue weighted by Crippen LogP contribution is 2.32. The molecule has 0 spiro atoms. The molecule has 4 bridgehead atoms. The molecular weight excluding hydrogens is 416 g/mol. The Morgan fingerprint density at radius 2 is 2.03 bits per heavy atom. The van der Waals surface area contributed by atoms with Gasteiger partial charge in [0.05, 0.1) is 17.6 Å². The van der Waals surface area contributed by atoms with Crippen molar-refractivity contribution < 1.29 is 13.2 Å². The molecule has 31 heavy (non-hydrogen) atoms. The van der Waals surface area contributed by atoms with Crippen LogP contribution < -0.4 is 20.1 Å². The van der Waals surface area contributed by atoms with E-state index in [2.05, 4.69) is 31.4 Å². The van der Waals surface area contributed by atoms with Crippen LogP contribution in [-0.4, -0.2) is 38.6 Å². The molecule has 0 saturated carbocycles. The van der Waals surface area contributed by atoms with Crippen molar-refractivity contribution in [3.8, 4) is 22.9 Å². The first kappa shape index (κ1) is 20.6. The largest absolute Gasteiger partial charge is 0.495 e. The minimum absolute atomic E-state index is 0.172. The summed E-state index contributed by atoms with van der Waals surface area (Å²) in [6.45, 7) is 0.780. The molecule has 0 saturated heterocycles. The Kier molecular flexibility index (Phi) is 5.70. The number of methoxy groups -OCH3 is 1. The van der Waals surface area contributed by atoms with Crippen molar-refractivity contribution in [2.75, 3.05) is 30.8 Å². The second kappa shape index (κ2) is 8.59. The van der Waals surface area contributed by atoms with E-state index in [0.717, 1.165) is 11.1 Å². The number of rotatable bonds is 2.